The summed E-state index contributed by atoms with van der Waals surface area (Å²) in [5, 5.41) is 2.41. The van der Waals surface area contributed by atoms with E-state index in [1.54, 1.807) is 0 Å². The lowest BCUT2D eigenvalue weighted by Crippen LogP contribution is -2.36. The number of anilines is 1. The van der Waals surface area contributed by atoms with Crippen molar-refractivity contribution in [3.63, 3.8) is 0 Å². The second-order valence-electron chi connectivity index (χ2n) is 8.00. The fourth-order valence-electron chi connectivity index (χ4n) is 4.27. The van der Waals surface area contributed by atoms with E-state index >= 15 is 0 Å². The monoisotopic (exact) mass is 375 g/mol. The fourth-order valence-corrected chi connectivity index (χ4v) is 4.27. The Bertz CT molecular complexity index is 1160. The van der Waals surface area contributed by atoms with E-state index in [0.29, 0.717) is 12.2 Å². The summed E-state index contributed by atoms with van der Waals surface area (Å²) < 4.78 is 5.62. The standard InChI is InChI=1S/C24H25NO3/c1-5-6-13-28-23-17(21(26)22(23)27)14-19-24(2,3)20-16-10-8-7-9-15(16)11-12-18(20)25(19)4/h7-12,14H,5-6,13H2,1-4H3/b19-14+. The molecular formula is C24H25NO3. The average Bonchev–Trinajstić information content (AvgIpc) is 2.89. The van der Waals surface area contributed by atoms with Crippen LogP contribution in [0, 0.1) is 0 Å². The van der Waals surface area contributed by atoms with Crippen LogP contribution in [-0.4, -0.2) is 13.7 Å². The van der Waals surface area contributed by atoms with E-state index in [2.05, 4.69) is 56.0 Å². The lowest BCUT2D eigenvalue weighted by atomic mass is 9.80. The van der Waals surface area contributed by atoms with E-state index in [4.69, 9.17) is 4.74 Å². The Hall–Kier alpha value is -2.88. The Balaban J connectivity index is 1.82. The van der Waals surface area contributed by atoms with Crippen molar-refractivity contribution in [1.29, 1.82) is 0 Å². The number of nitrogens with zero attached hydrogens (tertiary/aromatic N) is 1. The van der Waals surface area contributed by atoms with E-state index in [-0.39, 0.29) is 11.2 Å². The Morgan fingerprint density at radius 2 is 1.82 bits per heavy atom. The predicted octanol–water partition coefficient (Wildman–Crippen LogP) is 4.38. The van der Waals surface area contributed by atoms with Crippen LogP contribution in [0.15, 0.2) is 51.7 Å². The van der Waals surface area contributed by atoms with Crippen LogP contribution < -0.4 is 20.5 Å². The number of unbranched alkanes of at least 4 members (excludes halogenated alkanes) is 1. The summed E-state index contributed by atoms with van der Waals surface area (Å²) in [6, 6.07) is 12.6. The summed E-state index contributed by atoms with van der Waals surface area (Å²) in [6.07, 6.45) is 3.68. The van der Waals surface area contributed by atoms with Gasteiger partial charge in [-0.3, -0.25) is 9.59 Å². The third kappa shape index (κ3) is 2.59. The first-order chi connectivity index (χ1) is 13.4. The van der Waals surface area contributed by atoms with Crippen molar-refractivity contribution in [2.75, 3.05) is 18.6 Å². The van der Waals surface area contributed by atoms with Crippen LogP contribution in [0.3, 0.4) is 0 Å². The topological polar surface area (TPSA) is 46.6 Å². The molecule has 0 N–H and O–H groups in total. The van der Waals surface area contributed by atoms with Crippen LogP contribution in [0.1, 0.15) is 44.7 Å². The van der Waals surface area contributed by atoms with Gasteiger partial charge < -0.3 is 9.64 Å². The number of ether oxygens (including phenoxy) is 1. The molecule has 0 saturated carbocycles. The summed E-state index contributed by atoms with van der Waals surface area (Å²) in [5.41, 5.74) is 2.49. The Labute approximate surface area is 164 Å². The average molecular weight is 375 g/mol. The second-order valence-corrected chi connectivity index (χ2v) is 8.00. The van der Waals surface area contributed by atoms with Gasteiger partial charge in [0, 0.05) is 23.8 Å². The summed E-state index contributed by atoms with van der Waals surface area (Å²) in [4.78, 5) is 26.4. The minimum Gasteiger partial charge on any atom is -0.489 e. The highest BCUT2D eigenvalue weighted by Gasteiger charge is 2.40. The molecule has 1 heterocycles. The van der Waals surface area contributed by atoms with Gasteiger partial charge in [-0.05, 0) is 34.9 Å². The van der Waals surface area contributed by atoms with Gasteiger partial charge in [-0.1, -0.05) is 57.5 Å². The van der Waals surface area contributed by atoms with Gasteiger partial charge in [0.25, 0.3) is 5.43 Å². The zero-order chi connectivity index (χ0) is 20.1. The SMILES string of the molecule is CCCCOc1c(/C=C2/N(C)c3ccc4ccccc4c3C2(C)C)c(=O)c1=O. The summed E-state index contributed by atoms with van der Waals surface area (Å²) in [5.74, 6) is 0.218. The van der Waals surface area contributed by atoms with Crippen LogP contribution in [0.2, 0.25) is 0 Å². The van der Waals surface area contributed by atoms with Crippen LogP contribution in [0.5, 0.6) is 5.75 Å². The van der Waals surface area contributed by atoms with Crippen LogP contribution in [0.4, 0.5) is 5.69 Å². The predicted molar refractivity (Wildman–Crippen MR) is 115 cm³/mol. The molecule has 28 heavy (non-hydrogen) atoms. The lowest BCUT2D eigenvalue weighted by molar-refractivity contribution is 0.302. The van der Waals surface area contributed by atoms with Gasteiger partial charge in [0.1, 0.15) is 0 Å². The zero-order valence-corrected chi connectivity index (χ0v) is 16.8. The maximum atomic E-state index is 12.2. The number of rotatable bonds is 5. The van der Waals surface area contributed by atoms with E-state index in [9.17, 15) is 9.59 Å². The van der Waals surface area contributed by atoms with Crippen molar-refractivity contribution in [2.45, 2.75) is 39.0 Å². The van der Waals surface area contributed by atoms with Crippen LogP contribution in [-0.2, 0) is 5.41 Å². The van der Waals surface area contributed by atoms with Crippen LogP contribution in [0.25, 0.3) is 16.8 Å². The first-order valence-corrected chi connectivity index (χ1v) is 9.82. The summed E-state index contributed by atoms with van der Waals surface area (Å²) in [6.45, 7) is 6.85. The number of hydrogen-bond acceptors (Lipinski definition) is 4. The molecule has 0 fully saturated rings. The van der Waals surface area contributed by atoms with Crippen molar-refractivity contribution in [3.05, 3.63) is 73.7 Å². The minimum atomic E-state index is -0.510. The molecule has 4 nitrogen and oxygen atoms in total. The van der Waals surface area contributed by atoms with E-state index in [0.717, 1.165) is 24.2 Å². The molecule has 4 heteroatoms. The van der Waals surface area contributed by atoms with Gasteiger partial charge in [-0.2, -0.15) is 0 Å². The van der Waals surface area contributed by atoms with Crippen molar-refractivity contribution in [1.82, 2.24) is 0 Å². The molecule has 0 aliphatic carbocycles. The Kier molecular flexibility index (Phi) is 4.37. The number of allylic oxidation sites excluding steroid dienone is 1. The highest BCUT2D eigenvalue weighted by molar-refractivity contribution is 5.95. The quantitative estimate of drug-likeness (QED) is 0.490. The molecule has 0 unspecified atom stereocenters. The molecule has 3 aromatic carbocycles. The molecule has 0 aromatic heterocycles. The zero-order valence-electron chi connectivity index (χ0n) is 16.8. The van der Waals surface area contributed by atoms with E-state index in [1.807, 2.05) is 19.2 Å². The van der Waals surface area contributed by atoms with Crippen molar-refractivity contribution < 1.29 is 4.74 Å². The molecule has 1 aliphatic rings. The normalized spacial score (nSPS) is 16.9. The number of hydrogen-bond donors (Lipinski definition) is 0. The molecule has 0 saturated heterocycles. The Morgan fingerprint density at radius 1 is 1.07 bits per heavy atom. The summed E-state index contributed by atoms with van der Waals surface area (Å²) >= 11 is 0. The molecule has 0 atom stereocenters. The first-order valence-electron chi connectivity index (χ1n) is 9.82. The van der Waals surface area contributed by atoms with E-state index < -0.39 is 10.9 Å². The maximum absolute atomic E-state index is 12.2. The molecule has 144 valence electrons. The van der Waals surface area contributed by atoms with Gasteiger partial charge in [0.15, 0.2) is 5.75 Å². The highest BCUT2D eigenvalue weighted by atomic mass is 16.5. The largest absolute Gasteiger partial charge is 0.489 e. The van der Waals surface area contributed by atoms with Gasteiger partial charge in [-0.15, -0.1) is 0 Å². The molecule has 4 rings (SSSR count). The van der Waals surface area contributed by atoms with Crippen molar-refractivity contribution in [3.8, 4) is 5.75 Å². The third-order valence-corrected chi connectivity index (χ3v) is 5.82. The molecular weight excluding hydrogens is 350 g/mol. The van der Waals surface area contributed by atoms with Crippen LogP contribution >= 0.6 is 0 Å². The number of fused-ring (bicyclic) bond motifs is 3. The van der Waals surface area contributed by atoms with Gasteiger partial charge in [0.2, 0.25) is 5.43 Å². The molecule has 0 amide bonds. The third-order valence-electron chi connectivity index (χ3n) is 5.82. The molecule has 1 aliphatic heterocycles. The van der Waals surface area contributed by atoms with Crippen molar-refractivity contribution in [2.24, 2.45) is 0 Å². The summed E-state index contributed by atoms with van der Waals surface area (Å²) in [7, 11) is 2.01. The molecule has 3 aromatic rings. The van der Waals surface area contributed by atoms with Gasteiger partial charge in [0.05, 0.1) is 12.2 Å². The Morgan fingerprint density at radius 3 is 2.57 bits per heavy atom. The molecule has 0 radical (unpaired) electrons. The molecule has 0 bridgehead atoms. The van der Waals surface area contributed by atoms with E-state index in [1.165, 1.54) is 16.3 Å². The number of likely N-dealkylation sites (N-methyl/N-ethyl adjacent to an activating group) is 1. The maximum Gasteiger partial charge on any atom is 0.268 e. The smallest absolute Gasteiger partial charge is 0.268 e. The fraction of sp³-hybridized carbons (Fsp3) is 0.333. The lowest BCUT2D eigenvalue weighted by Gasteiger charge is -2.25. The highest BCUT2D eigenvalue weighted by Crippen LogP contribution is 2.50. The van der Waals surface area contributed by atoms with Gasteiger partial charge >= 0.3 is 0 Å². The van der Waals surface area contributed by atoms with Crippen molar-refractivity contribution >= 4 is 22.5 Å². The molecule has 0 spiro atoms. The number of benzene rings is 2. The minimum absolute atomic E-state index is 0.218. The second kappa shape index (κ2) is 6.62. The van der Waals surface area contributed by atoms with Gasteiger partial charge in [-0.25, -0.2) is 0 Å². The first kappa shape index (κ1) is 18.5.